The van der Waals surface area contributed by atoms with E-state index in [0.717, 1.165) is 6.67 Å². The van der Waals surface area contributed by atoms with Gasteiger partial charge in [-0.3, -0.25) is 5.32 Å². The summed E-state index contributed by atoms with van der Waals surface area (Å²) in [7, 11) is 4.26. The standard InChI is InChI=1S/C23H35N3/c1-22(2,3)24-17-25(7)20-13-9-18(10-14-20)19-11-15-21(16-12-19)26(8)23(4,5)6/h9-16,24H,17H2,1-8H3. The molecule has 1 N–H and O–H groups in total. The van der Waals surface area contributed by atoms with E-state index in [1.807, 2.05) is 0 Å². The fraction of sp³-hybridized carbons (Fsp3) is 0.478. The first-order valence-corrected chi connectivity index (χ1v) is 9.38. The summed E-state index contributed by atoms with van der Waals surface area (Å²) in [6.45, 7) is 14.1. The molecule has 0 aromatic heterocycles. The van der Waals surface area contributed by atoms with Gasteiger partial charge in [0, 0.05) is 36.5 Å². The summed E-state index contributed by atoms with van der Waals surface area (Å²) in [6.07, 6.45) is 0. The predicted octanol–water partition coefficient (Wildman–Crippen LogP) is 5.37. The van der Waals surface area contributed by atoms with Crippen LogP contribution in [0.4, 0.5) is 11.4 Å². The van der Waals surface area contributed by atoms with E-state index >= 15 is 0 Å². The van der Waals surface area contributed by atoms with Gasteiger partial charge in [0.15, 0.2) is 0 Å². The van der Waals surface area contributed by atoms with Crippen molar-refractivity contribution in [1.29, 1.82) is 0 Å². The van der Waals surface area contributed by atoms with Crippen LogP contribution in [-0.4, -0.2) is 31.8 Å². The monoisotopic (exact) mass is 353 g/mol. The molecule has 0 aliphatic rings. The molecule has 142 valence electrons. The maximum atomic E-state index is 3.52. The van der Waals surface area contributed by atoms with Gasteiger partial charge in [-0.15, -0.1) is 0 Å². The molecule has 2 rings (SSSR count). The molecule has 0 aliphatic heterocycles. The lowest BCUT2D eigenvalue weighted by molar-refractivity contribution is 0.428. The lowest BCUT2D eigenvalue weighted by Gasteiger charge is -2.34. The van der Waals surface area contributed by atoms with E-state index in [2.05, 4.69) is 119 Å². The van der Waals surface area contributed by atoms with Crippen molar-refractivity contribution < 1.29 is 0 Å². The van der Waals surface area contributed by atoms with E-state index in [1.54, 1.807) is 0 Å². The van der Waals surface area contributed by atoms with Crippen molar-refractivity contribution in [1.82, 2.24) is 5.32 Å². The van der Waals surface area contributed by atoms with Gasteiger partial charge < -0.3 is 9.80 Å². The molecule has 2 aromatic rings. The summed E-state index contributed by atoms with van der Waals surface area (Å²) in [5, 5.41) is 3.52. The molecule has 3 heteroatoms. The number of hydrogen-bond donors (Lipinski definition) is 1. The van der Waals surface area contributed by atoms with Crippen molar-refractivity contribution in [3.63, 3.8) is 0 Å². The highest BCUT2D eigenvalue weighted by Gasteiger charge is 2.17. The fourth-order valence-corrected chi connectivity index (χ4v) is 2.62. The third-order valence-corrected chi connectivity index (χ3v) is 4.75. The lowest BCUT2D eigenvalue weighted by atomic mass is 10.0. The largest absolute Gasteiger partial charge is 0.370 e. The third kappa shape index (κ3) is 5.50. The first-order valence-electron chi connectivity index (χ1n) is 9.38. The molecule has 26 heavy (non-hydrogen) atoms. The average Bonchev–Trinajstić information content (AvgIpc) is 2.58. The van der Waals surface area contributed by atoms with E-state index in [0.29, 0.717) is 0 Å². The Kier molecular flexibility index (Phi) is 6.02. The molecule has 0 aliphatic carbocycles. The molecular weight excluding hydrogens is 318 g/mol. The molecule has 0 spiro atoms. The highest BCUT2D eigenvalue weighted by Crippen LogP contribution is 2.27. The normalized spacial score (nSPS) is 12.2. The van der Waals surface area contributed by atoms with Crippen LogP contribution in [0, 0.1) is 0 Å². The van der Waals surface area contributed by atoms with Gasteiger partial charge >= 0.3 is 0 Å². The number of nitrogens with zero attached hydrogens (tertiary/aromatic N) is 2. The summed E-state index contributed by atoms with van der Waals surface area (Å²) < 4.78 is 0. The van der Waals surface area contributed by atoms with Crippen LogP contribution < -0.4 is 15.1 Å². The first kappa shape index (κ1) is 20.3. The Morgan fingerprint density at radius 2 is 1.12 bits per heavy atom. The van der Waals surface area contributed by atoms with Crippen molar-refractivity contribution in [2.45, 2.75) is 52.6 Å². The van der Waals surface area contributed by atoms with Crippen LogP contribution >= 0.6 is 0 Å². The van der Waals surface area contributed by atoms with Gasteiger partial charge in [-0.25, -0.2) is 0 Å². The highest BCUT2D eigenvalue weighted by atomic mass is 15.2. The second-order valence-electron chi connectivity index (χ2n) is 9.11. The van der Waals surface area contributed by atoms with Gasteiger partial charge in [0.2, 0.25) is 0 Å². The summed E-state index contributed by atoms with van der Waals surface area (Å²) in [5.74, 6) is 0. The Hall–Kier alpha value is -2.00. The van der Waals surface area contributed by atoms with Gasteiger partial charge in [-0.05, 0) is 76.9 Å². The predicted molar refractivity (Wildman–Crippen MR) is 116 cm³/mol. The van der Waals surface area contributed by atoms with E-state index in [-0.39, 0.29) is 11.1 Å². The van der Waals surface area contributed by atoms with Crippen molar-refractivity contribution in [3.05, 3.63) is 48.5 Å². The Labute approximate surface area is 160 Å². The third-order valence-electron chi connectivity index (χ3n) is 4.75. The molecule has 0 atom stereocenters. The van der Waals surface area contributed by atoms with Gasteiger partial charge in [0.05, 0.1) is 6.67 Å². The summed E-state index contributed by atoms with van der Waals surface area (Å²) in [4.78, 5) is 4.54. The van der Waals surface area contributed by atoms with Crippen molar-refractivity contribution in [2.24, 2.45) is 0 Å². The molecule has 0 amide bonds. The molecule has 0 saturated heterocycles. The summed E-state index contributed by atoms with van der Waals surface area (Å²) in [6, 6.07) is 17.6. The molecule has 0 saturated carbocycles. The van der Waals surface area contributed by atoms with Crippen molar-refractivity contribution >= 4 is 11.4 Å². The number of anilines is 2. The Morgan fingerprint density at radius 1 is 0.692 bits per heavy atom. The molecule has 0 heterocycles. The number of hydrogen-bond acceptors (Lipinski definition) is 3. The number of rotatable bonds is 5. The molecular formula is C23H35N3. The van der Waals surface area contributed by atoms with Crippen molar-refractivity contribution in [3.8, 4) is 11.1 Å². The van der Waals surface area contributed by atoms with E-state index < -0.39 is 0 Å². The Morgan fingerprint density at radius 3 is 1.50 bits per heavy atom. The summed E-state index contributed by atoms with van der Waals surface area (Å²) in [5.41, 5.74) is 5.19. The van der Waals surface area contributed by atoms with E-state index in [4.69, 9.17) is 0 Å². The maximum absolute atomic E-state index is 3.52. The topological polar surface area (TPSA) is 18.5 Å². The van der Waals surface area contributed by atoms with E-state index in [9.17, 15) is 0 Å². The molecule has 2 aromatic carbocycles. The molecule has 0 bridgehead atoms. The van der Waals surface area contributed by atoms with Gasteiger partial charge in [0.1, 0.15) is 0 Å². The number of nitrogens with one attached hydrogen (secondary N) is 1. The second kappa shape index (κ2) is 7.71. The van der Waals surface area contributed by atoms with Crippen LogP contribution in [0.3, 0.4) is 0 Å². The zero-order valence-corrected chi connectivity index (χ0v) is 17.7. The maximum Gasteiger partial charge on any atom is 0.0682 e. The zero-order chi connectivity index (χ0) is 19.5. The summed E-state index contributed by atoms with van der Waals surface area (Å²) >= 11 is 0. The SMILES string of the molecule is CN(CNC(C)(C)C)c1ccc(-c2ccc(N(C)C(C)(C)C)cc2)cc1. The van der Waals surface area contributed by atoms with Crippen LogP contribution in [0.5, 0.6) is 0 Å². The molecule has 0 fully saturated rings. The van der Waals surface area contributed by atoms with Crippen LogP contribution in [0.15, 0.2) is 48.5 Å². The van der Waals surface area contributed by atoms with Crippen molar-refractivity contribution in [2.75, 3.05) is 30.6 Å². The minimum atomic E-state index is 0.120. The second-order valence-corrected chi connectivity index (χ2v) is 9.11. The Bertz CT molecular complexity index is 688. The van der Waals surface area contributed by atoms with Crippen LogP contribution in [0.2, 0.25) is 0 Å². The number of benzene rings is 2. The molecule has 3 nitrogen and oxygen atoms in total. The minimum Gasteiger partial charge on any atom is -0.370 e. The van der Waals surface area contributed by atoms with Crippen LogP contribution in [-0.2, 0) is 0 Å². The highest BCUT2D eigenvalue weighted by molar-refractivity contribution is 5.68. The molecule has 0 unspecified atom stereocenters. The van der Waals surface area contributed by atoms with Gasteiger partial charge in [-0.1, -0.05) is 24.3 Å². The van der Waals surface area contributed by atoms with Crippen LogP contribution in [0.1, 0.15) is 41.5 Å². The molecule has 0 radical (unpaired) electrons. The van der Waals surface area contributed by atoms with E-state index in [1.165, 1.54) is 22.5 Å². The van der Waals surface area contributed by atoms with Gasteiger partial charge in [-0.2, -0.15) is 0 Å². The quantitative estimate of drug-likeness (QED) is 0.729. The first-order chi connectivity index (χ1) is 12.0. The fourth-order valence-electron chi connectivity index (χ4n) is 2.62. The van der Waals surface area contributed by atoms with Crippen LogP contribution in [0.25, 0.3) is 11.1 Å². The lowest BCUT2D eigenvalue weighted by Crippen LogP contribution is -2.42. The van der Waals surface area contributed by atoms with Gasteiger partial charge in [0.25, 0.3) is 0 Å². The average molecular weight is 354 g/mol. The zero-order valence-electron chi connectivity index (χ0n) is 17.7. The Balaban J connectivity index is 2.08. The minimum absolute atomic E-state index is 0.120. The smallest absolute Gasteiger partial charge is 0.0682 e.